The van der Waals surface area contributed by atoms with Crippen molar-refractivity contribution in [3.63, 3.8) is 0 Å². The minimum atomic E-state index is -0.356. The fourth-order valence-electron chi connectivity index (χ4n) is 4.39. The van der Waals surface area contributed by atoms with E-state index in [1.54, 1.807) is 23.0 Å². The minimum absolute atomic E-state index is 0.0833. The number of aromatic nitrogens is 2. The second kappa shape index (κ2) is 8.84. The highest BCUT2D eigenvalue weighted by molar-refractivity contribution is 5.85. The van der Waals surface area contributed by atoms with Gasteiger partial charge in [0.25, 0.3) is 0 Å². The number of halogens is 1. The number of hydrogen-bond donors (Lipinski definition) is 1. The summed E-state index contributed by atoms with van der Waals surface area (Å²) >= 11 is 0. The van der Waals surface area contributed by atoms with Gasteiger partial charge in [0.15, 0.2) is 0 Å². The number of rotatable bonds is 7. The fraction of sp³-hybridized carbons (Fsp3) is 0.310. The maximum Gasteiger partial charge on any atom is 0.226 e. The van der Waals surface area contributed by atoms with Gasteiger partial charge in [-0.25, -0.2) is 9.07 Å². The van der Waals surface area contributed by atoms with Crippen LogP contribution < -0.4 is 10.1 Å². The summed E-state index contributed by atoms with van der Waals surface area (Å²) in [4.78, 5) is 12.8. The molecule has 1 heterocycles. The fourth-order valence-corrected chi connectivity index (χ4v) is 4.39. The Morgan fingerprint density at radius 2 is 1.83 bits per heavy atom. The van der Waals surface area contributed by atoms with Crippen molar-refractivity contribution in [2.24, 2.45) is 5.41 Å². The molecule has 1 N–H and O–H groups in total. The highest BCUT2D eigenvalue weighted by Gasteiger charge is 2.45. The molecule has 0 aliphatic heterocycles. The first kappa shape index (κ1) is 23.1. The molecule has 0 spiro atoms. The van der Waals surface area contributed by atoms with E-state index in [0.29, 0.717) is 5.75 Å². The molecule has 0 unspecified atom stereocenters. The number of carbonyl (C=O) groups is 1. The standard InChI is InChI=1S/C29H30FN3O2/c1-18-5-6-19(2)25(15-18)27(20(3)32-28(34)29(4)13-14-29)35-24-11-12-26-21(16-24)17-31-33(26)23-9-7-22(30)8-10-23/h5-12,15-17,20,27H,13-14H2,1-4H3,(H,32,34)/t20-,27-/m0/s1. The van der Waals surface area contributed by atoms with E-state index in [0.717, 1.165) is 46.1 Å². The number of benzene rings is 3. The third-order valence-electron chi connectivity index (χ3n) is 6.98. The van der Waals surface area contributed by atoms with Crippen LogP contribution in [-0.4, -0.2) is 21.7 Å². The molecule has 2 atom stereocenters. The quantitative estimate of drug-likeness (QED) is 0.349. The van der Waals surface area contributed by atoms with Crippen LogP contribution in [0.4, 0.5) is 4.39 Å². The molecule has 4 aromatic rings. The van der Waals surface area contributed by atoms with Gasteiger partial charge in [0.1, 0.15) is 17.7 Å². The molecule has 0 bridgehead atoms. The average molecular weight is 472 g/mol. The lowest BCUT2D eigenvalue weighted by molar-refractivity contribution is -0.127. The molecule has 0 radical (unpaired) electrons. The number of hydrogen-bond acceptors (Lipinski definition) is 3. The second-order valence-corrected chi connectivity index (χ2v) is 9.97. The summed E-state index contributed by atoms with van der Waals surface area (Å²) in [6.45, 7) is 8.14. The number of aryl methyl sites for hydroxylation is 2. The number of amides is 1. The number of ether oxygens (including phenoxy) is 1. The average Bonchev–Trinajstić information content (AvgIpc) is 3.46. The Hall–Kier alpha value is -3.67. The number of carbonyl (C=O) groups excluding carboxylic acids is 1. The van der Waals surface area contributed by atoms with Gasteiger partial charge >= 0.3 is 0 Å². The van der Waals surface area contributed by atoms with Crippen LogP contribution in [0.1, 0.15) is 49.5 Å². The van der Waals surface area contributed by atoms with Gasteiger partial charge in [0, 0.05) is 10.8 Å². The number of fused-ring (bicyclic) bond motifs is 1. The van der Waals surface area contributed by atoms with Crippen LogP contribution in [0.15, 0.2) is 66.9 Å². The molecule has 1 aromatic heterocycles. The highest BCUT2D eigenvalue weighted by Crippen LogP contribution is 2.45. The monoisotopic (exact) mass is 471 g/mol. The first-order chi connectivity index (χ1) is 16.7. The van der Waals surface area contributed by atoms with Crippen LogP contribution in [0.5, 0.6) is 5.75 Å². The van der Waals surface area contributed by atoms with Crippen LogP contribution in [0.25, 0.3) is 16.6 Å². The Balaban J connectivity index is 1.46. The number of nitrogens with zero attached hydrogens (tertiary/aromatic N) is 2. The zero-order chi connectivity index (χ0) is 24.7. The molecule has 1 aliphatic carbocycles. The summed E-state index contributed by atoms with van der Waals surface area (Å²) in [5, 5.41) is 8.60. The van der Waals surface area contributed by atoms with Crippen molar-refractivity contribution in [3.05, 3.63) is 89.4 Å². The molecular formula is C29H30FN3O2. The van der Waals surface area contributed by atoms with E-state index < -0.39 is 0 Å². The first-order valence-corrected chi connectivity index (χ1v) is 12.0. The van der Waals surface area contributed by atoms with Gasteiger partial charge in [0.05, 0.1) is 23.4 Å². The third-order valence-corrected chi connectivity index (χ3v) is 6.98. The Kier molecular flexibility index (Phi) is 5.83. The van der Waals surface area contributed by atoms with Gasteiger partial charge in [-0.1, -0.05) is 30.7 Å². The largest absolute Gasteiger partial charge is 0.484 e. The van der Waals surface area contributed by atoms with E-state index in [-0.39, 0.29) is 29.3 Å². The van der Waals surface area contributed by atoms with Crippen molar-refractivity contribution in [2.45, 2.75) is 52.7 Å². The molecule has 1 saturated carbocycles. The summed E-state index contributed by atoms with van der Waals surface area (Å²) in [6, 6.07) is 18.2. The van der Waals surface area contributed by atoms with Crippen LogP contribution in [-0.2, 0) is 4.79 Å². The smallest absolute Gasteiger partial charge is 0.226 e. The minimum Gasteiger partial charge on any atom is -0.484 e. The maximum atomic E-state index is 13.4. The Bertz CT molecular complexity index is 1390. The van der Waals surface area contributed by atoms with Crippen molar-refractivity contribution in [2.75, 3.05) is 0 Å². The van der Waals surface area contributed by atoms with Crippen molar-refractivity contribution in [1.29, 1.82) is 0 Å². The van der Waals surface area contributed by atoms with Gasteiger partial charge in [0.2, 0.25) is 5.91 Å². The zero-order valence-corrected chi connectivity index (χ0v) is 20.5. The predicted octanol–water partition coefficient (Wildman–Crippen LogP) is 6.21. The van der Waals surface area contributed by atoms with Gasteiger partial charge < -0.3 is 10.1 Å². The molecule has 1 aliphatic rings. The molecule has 1 amide bonds. The molecule has 35 heavy (non-hydrogen) atoms. The molecule has 6 heteroatoms. The van der Waals surface area contributed by atoms with E-state index in [9.17, 15) is 9.18 Å². The van der Waals surface area contributed by atoms with E-state index in [1.807, 2.05) is 32.0 Å². The predicted molar refractivity (Wildman–Crippen MR) is 135 cm³/mol. The van der Waals surface area contributed by atoms with Crippen molar-refractivity contribution in [1.82, 2.24) is 15.1 Å². The Morgan fingerprint density at radius 3 is 2.54 bits per heavy atom. The molecule has 0 saturated heterocycles. The maximum absolute atomic E-state index is 13.4. The molecule has 5 rings (SSSR count). The normalized spacial score (nSPS) is 16.0. The van der Waals surface area contributed by atoms with Gasteiger partial charge in [-0.3, -0.25) is 4.79 Å². The van der Waals surface area contributed by atoms with Crippen molar-refractivity contribution < 1.29 is 13.9 Å². The second-order valence-electron chi connectivity index (χ2n) is 9.97. The molecule has 3 aromatic carbocycles. The summed E-state index contributed by atoms with van der Waals surface area (Å²) in [6.07, 6.45) is 3.27. The first-order valence-electron chi connectivity index (χ1n) is 12.0. The van der Waals surface area contributed by atoms with E-state index in [1.165, 1.54) is 12.1 Å². The third kappa shape index (κ3) is 4.65. The summed E-state index contributed by atoms with van der Waals surface area (Å²) in [7, 11) is 0. The lowest BCUT2D eigenvalue weighted by atomic mass is 9.96. The Morgan fingerprint density at radius 1 is 1.09 bits per heavy atom. The lowest BCUT2D eigenvalue weighted by Gasteiger charge is -2.29. The van der Waals surface area contributed by atoms with Crippen LogP contribution >= 0.6 is 0 Å². The van der Waals surface area contributed by atoms with Crippen LogP contribution in [0.3, 0.4) is 0 Å². The van der Waals surface area contributed by atoms with Crippen molar-refractivity contribution in [3.8, 4) is 11.4 Å². The van der Waals surface area contributed by atoms with Crippen molar-refractivity contribution >= 4 is 16.8 Å². The molecule has 1 fully saturated rings. The molecule has 5 nitrogen and oxygen atoms in total. The van der Waals surface area contributed by atoms with E-state index in [4.69, 9.17) is 4.74 Å². The van der Waals surface area contributed by atoms with Gasteiger partial charge in [-0.15, -0.1) is 0 Å². The van der Waals surface area contributed by atoms with Crippen LogP contribution in [0.2, 0.25) is 0 Å². The zero-order valence-electron chi connectivity index (χ0n) is 20.5. The summed E-state index contributed by atoms with van der Waals surface area (Å²) < 4.78 is 21.7. The molecule has 180 valence electrons. The molecular weight excluding hydrogens is 441 g/mol. The van der Waals surface area contributed by atoms with Gasteiger partial charge in [-0.05, 0) is 87.2 Å². The van der Waals surface area contributed by atoms with Crippen LogP contribution in [0, 0.1) is 25.1 Å². The number of nitrogens with one attached hydrogen (secondary N) is 1. The van der Waals surface area contributed by atoms with E-state index >= 15 is 0 Å². The Labute approximate surface area is 204 Å². The topological polar surface area (TPSA) is 56.1 Å². The summed E-state index contributed by atoms with van der Waals surface area (Å²) in [5.74, 6) is 0.496. The van der Waals surface area contributed by atoms with E-state index in [2.05, 4.69) is 42.5 Å². The van der Waals surface area contributed by atoms with Gasteiger partial charge in [-0.2, -0.15) is 5.10 Å². The highest BCUT2D eigenvalue weighted by atomic mass is 19.1. The summed E-state index contributed by atoms with van der Waals surface area (Å²) in [5.41, 5.74) is 4.74. The SMILES string of the molecule is Cc1ccc(C)c([C@@H](Oc2ccc3c(cnn3-c3ccc(F)cc3)c2)[C@H](C)NC(=O)C2(C)CC2)c1. The lowest BCUT2D eigenvalue weighted by Crippen LogP contribution is -2.42.